The van der Waals surface area contributed by atoms with Crippen molar-refractivity contribution in [3.05, 3.63) is 0 Å². The molecular weight excluding hydrogens is 256 g/mol. The number of carbonyl (C=O) groups is 1. The van der Waals surface area contributed by atoms with Gasteiger partial charge in [-0.2, -0.15) is 11.8 Å². The zero-order valence-electron chi connectivity index (χ0n) is 11.5. The number of nitrogens with zero attached hydrogens (tertiary/aromatic N) is 1. The van der Waals surface area contributed by atoms with E-state index in [1.165, 1.54) is 0 Å². The zero-order valence-corrected chi connectivity index (χ0v) is 13.1. The van der Waals surface area contributed by atoms with E-state index in [9.17, 15) is 4.79 Å². The van der Waals surface area contributed by atoms with Gasteiger partial charge in [-0.1, -0.05) is 13.8 Å². The molecule has 104 valence electrons. The van der Waals surface area contributed by atoms with E-state index in [-0.39, 0.29) is 23.7 Å². The molecule has 0 rings (SSSR count). The zero-order chi connectivity index (χ0) is 12.6. The summed E-state index contributed by atoms with van der Waals surface area (Å²) in [6.45, 7) is 5.52. The number of unbranched alkanes of at least 4 members (excludes halogenated alkanes) is 1. The van der Waals surface area contributed by atoms with Crippen LogP contribution in [0.3, 0.4) is 0 Å². The molecule has 0 aromatic rings. The van der Waals surface area contributed by atoms with Gasteiger partial charge in [-0.15, -0.1) is 12.4 Å². The second-order valence-corrected chi connectivity index (χ2v) is 6.05. The molecule has 0 unspecified atom stereocenters. The number of halogens is 1. The third kappa shape index (κ3) is 9.74. The van der Waals surface area contributed by atoms with Crippen molar-refractivity contribution in [3.8, 4) is 0 Å². The molecule has 0 fully saturated rings. The molecule has 1 amide bonds. The molecule has 0 saturated carbocycles. The topological polar surface area (TPSA) is 46.3 Å². The highest BCUT2D eigenvalue weighted by Gasteiger charge is 2.20. The molecule has 0 radical (unpaired) electrons. The molecule has 0 aliphatic carbocycles. The second-order valence-electron chi connectivity index (χ2n) is 5.07. The van der Waals surface area contributed by atoms with Gasteiger partial charge < -0.3 is 10.6 Å². The summed E-state index contributed by atoms with van der Waals surface area (Å²) in [4.78, 5) is 13.6. The van der Waals surface area contributed by atoms with Crippen LogP contribution in [0.4, 0.5) is 0 Å². The maximum absolute atomic E-state index is 11.8. The van der Waals surface area contributed by atoms with Gasteiger partial charge in [0.05, 0.1) is 0 Å². The van der Waals surface area contributed by atoms with Gasteiger partial charge in [-0.25, -0.2) is 0 Å². The van der Waals surface area contributed by atoms with Crippen LogP contribution in [0, 0.1) is 5.41 Å². The van der Waals surface area contributed by atoms with E-state index in [0.717, 1.165) is 25.1 Å². The first-order chi connectivity index (χ1) is 7.43. The second kappa shape index (κ2) is 10.0. The summed E-state index contributed by atoms with van der Waals surface area (Å²) in [5.74, 6) is 1.38. The molecule has 0 aromatic heterocycles. The van der Waals surface area contributed by atoms with E-state index in [2.05, 4.69) is 20.1 Å². The molecule has 0 saturated heterocycles. The minimum Gasteiger partial charge on any atom is -0.345 e. The van der Waals surface area contributed by atoms with E-state index in [0.29, 0.717) is 13.0 Å². The summed E-state index contributed by atoms with van der Waals surface area (Å²) in [5, 5.41) is 0. The predicted octanol–water partition coefficient (Wildman–Crippen LogP) is 2.38. The number of rotatable bonds is 8. The summed E-state index contributed by atoms with van der Waals surface area (Å²) in [5.41, 5.74) is 5.67. The van der Waals surface area contributed by atoms with Crippen molar-refractivity contribution < 1.29 is 4.79 Å². The Balaban J connectivity index is 0. The Morgan fingerprint density at radius 2 is 1.94 bits per heavy atom. The van der Waals surface area contributed by atoms with Crippen LogP contribution < -0.4 is 5.73 Å². The minimum atomic E-state index is 0. The first-order valence-electron chi connectivity index (χ1n) is 5.86. The molecule has 17 heavy (non-hydrogen) atoms. The van der Waals surface area contributed by atoms with Crippen molar-refractivity contribution in [1.29, 1.82) is 0 Å². The maximum Gasteiger partial charge on any atom is 0.222 e. The summed E-state index contributed by atoms with van der Waals surface area (Å²) in [7, 11) is 1.87. The van der Waals surface area contributed by atoms with Crippen LogP contribution in [0.2, 0.25) is 0 Å². The Kier molecular flexibility index (Phi) is 11.5. The van der Waals surface area contributed by atoms with Gasteiger partial charge in [0.25, 0.3) is 0 Å². The summed E-state index contributed by atoms with van der Waals surface area (Å²) >= 11 is 1.83. The summed E-state index contributed by atoms with van der Waals surface area (Å²) in [6, 6.07) is 0. The number of hydrogen-bond donors (Lipinski definition) is 1. The fourth-order valence-corrected chi connectivity index (χ4v) is 2.00. The highest BCUT2D eigenvalue weighted by molar-refractivity contribution is 7.98. The monoisotopic (exact) mass is 282 g/mol. The molecular formula is C12H27ClN2OS. The molecule has 0 atom stereocenters. The smallest absolute Gasteiger partial charge is 0.222 e. The largest absolute Gasteiger partial charge is 0.345 e. The van der Waals surface area contributed by atoms with Crippen molar-refractivity contribution in [2.24, 2.45) is 11.1 Å². The molecule has 0 bridgehead atoms. The standard InChI is InChI=1S/C12H26N2OS.ClH/c1-12(2,9-13)10-14(3)11(15)7-5-6-8-16-4;/h5-10,13H2,1-4H3;1H. The molecule has 0 aliphatic rings. The highest BCUT2D eigenvalue weighted by Crippen LogP contribution is 2.15. The van der Waals surface area contributed by atoms with Gasteiger partial charge in [0, 0.05) is 20.0 Å². The van der Waals surface area contributed by atoms with Crippen molar-refractivity contribution in [2.45, 2.75) is 33.1 Å². The van der Waals surface area contributed by atoms with Crippen LogP contribution in [0.5, 0.6) is 0 Å². The number of amides is 1. The lowest BCUT2D eigenvalue weighted by Crippen LogP contribution is -2.39. The van der Waals surface area contributed by atoms with Crippen molar-refractivity contribution >= 4 is 30.1 Å². The summed E-state index contributed by atoms with van der Waals surface area (Å²) < 4.78 is 0. The van der Waals surface area contributed by atoms with Gasteiger partial charge in [0.15, 0.2) is 0 Å². The molecule has 2 N–H and O–H groups in total. The van der Waals surface area contributed by atoms with E-state index < -0.39 is 0 Å². The van der Waals surface area contributed by atoms with Crippen LogP contribution in [0.1, 0.15) is 33.1 Å². The molecule has 0 aliphatic heterocycles. The summed E-state index contributed by atoms with van der Waals surface area (Å²) in [6.07, 6.45) is 4.88. The van der Waals surface area contributed by atoms with Gasteiger partial charge in [-0.05, 0) is 36.8 Å². The van der Waals surface area contributed by atoms with Gasteiger partial charge >= 0.3 is 0 Å². The average molecular weight is 283 g/mol. The van der Waals surface area contributed by atoms with Crippen LogP contribution in [-0.4, -0.2) is 43.0 Å². The van der Waals surface area contributed by atoms with Crippen molar-refractivity contribution in [1.82, 2.24) is 4.90 Å². The Hall–Kier alpha value is 0.0700. The van der Waals surface area contributed by atoms with Crippen molar-refractivity contribution in [2.75, 3.05) is 32.1 Å². The molecule has 5 heteroatoms. The molecule has 0 spiro atoms. The van der Waals surface area contributed by atoms with Crippen LogP contribution in [-0.2, 0) is 4.79 Å². The lowest BCUT2D eigenvalue weighted by atomic mass is 9.93. The quantitative estimate of drug-likeness (QED) is 0.696. The number of hydrogen-bond acceptors (Lipinski definition) is 3. The predicted molar refractivity (Wildman–Crippen MR) is 80.0 cm³/mol. The van der Waals surface area contributed by atoms with E-state index in [4.69, 9.17) is 5.73 Å². The Morgan fingerprint density at radius 3 is 2.41 bits per heavy atom. The third-order valence-corrected chi connectivity index (χ3v) is 3.33. The van der Waals surface area contributed by atoms with Crippen molar-refractivity contribution in [3.63, 3.8) is 0 Å². The SMILES string of the molecule is CSCCCCC(=O)N(C)CC(C)(C)CN.Cl. The lowest BCUT2D eigenvalue weighted by molar-refractivity contribution is -0.131. The lowest BCUT2D eigenvalue weighted by Gasteiger charge is -2.29. The first kappa shape index (κ1) is 19.4. The number of nitrogens with two attached hydrogens (primary N) is 1. The van der Waals surface area contributed by atoms with E-state index >= 15 is 0 Å². The van der Waals surface area contributed by atoms with Gasteiger partial charge in [-0.3, -0.25) is 4.79 Å². The highest BCUT2D eigenvalue weighted by atomic mass is 35.5. The fraction of sp³-hybridized carbons (Fsp3) is 0.917. The molecule has 0 heterocycles. The van der Waals surface area contributed by atoms with E-state index in [1.54, 1.807) is 0 Å². The fourth-order valence-electron chi connectivity index (χ4n) is 1.51. The van der Waals surface area contributed by atoms with Crippen LogP contribution in [0.25, 0.3) is 0 Å². The Bertz CT molecular complexity index is 213. The molecule has 0 aromatic carbocycles. The van der Waals surface area contributed by atoms with Gasteiger partial charge in [0.2, 0.25) is 5.91 Å². The first-order valence-corrected chi connectivity index (χ1v) is 7.25. The average Bonchev–Trinajstić information content (AvgIpc) is 2.23. The maximum atomic E-state index is 11.8. The third-order valence-electron chi connectivity index (χ3n) is 2.63. The number of carbonyl (C=O) groups excluding carboxylic acids is 1. The normalized spacial score (nSPS) is 10.9. The van der Waals surface area contributed by atoms with Crippen LogP contribution in [0.15, 0.2) is 0 Å². The Labute approximate surface area is 116 Å². The van der Waals surface area contributed by atoms with E-state index in [1.807, 2.05) is 23.7 Å². The minimum absolute atomic E-state index is 0. The number of thioether (sulfide) groups is 1. The Morgan fingerprint density at radius 1 is 1.35 bits per heavy atom. The van der Waals surface area contributed by atoms with Crippen LogP contribution >= 0.6 is 24.2 Å². The van der Waals surface area contributed by atoms with Gasteiger partial charge in [0.1, 0.15) is 0 Å². The molecule has 3 nitrogen and oxygen atoms in total.